The van der Waals surface area contributed by atoms with Gasteiger partial charge in [-0.3, -0.25) is 9.59 Å². The molecule has 3 aromatic rings. The number of hydrogen-bond acceptors (Lipinski definition) is 4. The second kappa shape index (κ2) is 16.4. The molecule has 5 rings (SSSR count). The van der Waals surface area contributed by atoms with Crippen LogP contribution in [-0.4, -0.2) is 55.1 Å². The van der Waals surface area contributed by atoms with E-state index in [0.29, 0.717) is 37.5 Å². The summed E-state index contributed by atoms with van der Waals surface area (Å²) >= 11 is 6.16. The normalized spacial score (nSPS) is 16.1. The Morgan fingerprint density at radius 1 is 0.826 bits per heavy atom. The molecule has 0 radical (unpaired) electrons. The zero-order valence-electron chi connectivity index (χ0n) is 26.4. The summed E-state index contributed by atoms with van der Waals surface area (Å²) in [6.45, 7) is 1.90. The monoisotopic (exact) mass is 661 g/mol. The Hall–Kier alpha value is -3.46. The molecule has 0 spiro atoms. The lowest BCUT2D eigenvalue weighted by atomic mass is 9.97. The van der Waals surface area contributed by atoms with Crippen LogP contribution in [0, 0.1) is 0 Å². The first kappa shape index (κ1) is 33.9. The molecule has 2 aliphatic rings. The van der Waals surface area contributed by atoms with E-state index in [1.54, 1.807) is 41.3 Å². The van der Waals surface area contributed by atoms with E-state index in [1.165, 1.54) is 22.7 Å². The molecule has 1 fully saturated rings. The maximum Gasteiger partial charge on any atom is 0.243 e. The van der Waals surface area contributed by atoms with Gasteiger partial charge in [0.15, 0.2) is 0 Å². The van der Waals surface area contributed by atoms with Crippen LogP contribution in [0.1, 0.15) is 68.1 Å². The fraction of sp³-hybridized carbons (Fsp3) is 0.405. The highest BCUT2D eigenvalue weighted by Gasteiger charge is 2.31. The highest BCUT2D eigenvalue weighted by atomic mass is 35.5. The van der Waals surface area contributed by atoms with Crippen LogP contribution in [0.2, 0.25) is 5.02 Å². The fourth-order valence-corrected chi connectivity index (χ4v) is 7.88. The zero-order chi connectivity index (χ0) is 32.4. The molecular formula is C37H44ClN3O4S. The summed E-state index contributed by atoms with van der Waals surface area (Å²) in [5.41, 5.74) is 4.11. The van der Waals surface area contributed by atoms with Crippen molar-refractivity contribution in [3.05, 3.63) is 112 Å². The molecule has 1 saturated heterocycles. The largest absolute Gasteiger partial charge is 0.354 e. The number of halogens is 1. The third kappa shape index (κ3) is 9.30. The first-order valence-corrected chi connectivity index (χ1v) is 18.2. The minimum atomic E-state index is -3.50. The van der Waals surface area contributed by atoms with Gasteiger partial charge in [-0.1, -0.05) is 77.8 Å². The van der Waals surface area contributed by atoms with Crippen molar-refractivity contribution in [2.45, 2.75) is 81.7 Å². The molecule has 0 bridgehead atoms. The van der Waals surface area contributed by atoms with Crippen LogP contribution in [0.4, 0.5) is 0 Å². The molecule has 244 valence electrons. The van der Waals surface area contributed by atoms with Gasteiger partial charge in [-0.15, -0.1) is 0 Å². The predicted octanol–water partition coefficient (Wildman–Crippen LogP) is 6.70. The van der Waals surface area contributed by atoms with E-state index in [2.05, 4.69) is 11.4 Å². The second-order valence-corrected chi connectivity index (χ2v) is 14.6. The van der Waals surface area contributed by atoms with Crippen LogP contribution >= 0.6 is 11.6 Å². The lowest BCUT2D eigenvalue weighted by molar-refractivity contribution is -0.141. The van der Waals surface area contributed by atoms with Crippen LogP contribution in [0.25, 0.3) is 0 Å². The van der Waals surface area contributed by atoms with Crippen molar-refractivity contribution in [1.29, 1.82) is 0 Å². The molecule has 7 nitrogen and oxygen atoms in total. The number of rotatable bonds is 14. The Kier molecular flexibility index (Phi) is 12.1. The molecule has 46 heavy (non-hydrogen) atoms. The molecule has 0 unspecified atom stereocenters. The smallest absolute Gasteiger partial charge is 0.243 e. The predicted molar refractivity (Wildman–Crippen MR) is 183 cm³/mol. The standard InChI is InChI=1S/C37H44ClN3O4S/c38-33-18-13-32(14-19-33)28-41(36(42)22-17-30-15-20-34(21-16-30)46(44,45)40-25-7-8-26-40)35(27-31-11-5-2-6-12-31)37(43)39-24-23-29-9-3-1-4-10-29/h2,5-6,9,11-16,18-21,35H,1,3-4,7-8,10,17,22-28H2,(H,39,43)/t35-/m1/s1. The van der Waals surface area contributed by atoms with Crippen molar-refractivity contribution >= 4 is 33.4 Å². The van der Waals surface area contributed by atoms with Gasteiger partial charge < -0.3 is 10.2 Å². The number of sulfonamides is 1. The Morgan fingerprint density at radius 3 is 2.20 bits per heavy atom. The van der Waals surface area contributed by atoms with E-state index >= 15 is 0 Å². The highest BCUT2D eigenvalue weighted by Crippen LogP contribution is 2.23. The van der Waals surface area contributed by atoms with Crippen molar-refractivity contribution in [1.82, 2.24) is 14.5 Å². The van der Waals surface area contributed by atoms with Gasteiger partial charge in [0.2, 0.25) is 21.8 Å². The molecular weight excluding hydrogens is 618 g/mol. The maximum atomic E-state index is 14.1. The van der Waals surface area contributed by atoms with Crippen molar-refractivity contribution < 1.29 is 18.0 Å². The Labute approximate surface area is 278 Å². The van der Waals surface area contributed by atoms with Crippen LogP contribution < -0.4 is 5.32 Å². The summed E-state index contributed by atoms with van der Waals surface area (Å²) in [5, 5.41) is 3.75. The summed E-state index contributed by atoms with van der Waals surface area (Å²) < 4.78 is 27.5. The lowest BCUT2D eigenvalue weighted by Gasteiger charge is -2.32. The molecule has 9 heteroatoms. The average molecular weight is 662 g/mol. The first-order chi connectivity index (χ1) is 22.3. The van der Waals surface area contributed by atoms with Crippen LogP contribution in [0.3, 0.4) is 0 Å². The molecule has 0 saturated carbocycles. The quantitative estimate of drug-likeness (QED) is 0.195. The van der Waals surface area contributed by atoms with Gasteiger partial charge in [-0.05, 0) is 92.3 Å². The fourth-order valence-electron chi connectivity index (χ4n) is 6.24. The minimum absolute atomic E-state index is 0.144. The van der Waals surface area contributed by atoms with Gasteiger partial charge >= 0.3 is 0 Å². The first-order valence-electron chi connectivity index (χ1n) is 16.4. The second-order valence-electron chi connectivity index (χ2n) is 12.3. The summed E-state index contributed by atoms with van der Waals surface area (Å²) in [6.07, 6.45) is 10.5. The molecule has 2 amide bonds. The van der Waals surface area contributed by atoms with E-state index in [9.17, 15) is 18.0 Å². The SMILES string of the molecule is O=C(NCCC1=CCCCC1)[C@@H](Cc1ccccc1)N(Cc1ccc(Cl)cc1)C(=O)CCc1ccc(S(=O)(=O)N2CCCC2)cc1. The van der Waals surface area contributed by atoms with Crippen molar-refractivity contribution in [3.8, 4) is 0 Å². The molecule has 1 N–H and O–H groups in total. The molecule has 1 aliphatic carbocycles. The summed E-state index contributed by atoms with van der Waals surface area (Å²) in [7, 11) is -3.50. The Balaban J connectivity index is 1.33. The van der Waals surface area contributed by atoms with Crippen LogP contribution in [0.5, 0.6) is 0 Å². The van der Waals surface area contributed by atoms with Gasteiger partial charge in [-0.2, -0.15) is 4.31 Å². The van der Waals surface area contributed by atoms with E-state index in [1.807, 2.05) is 42.5 Å². The Morgan fingerprint density at radius 2 is 1.52 bits per heavy atom. The summed E-state index contributed by atoms with van der Waals surface area (Å²) in [4.78, 5) is 29.9. The number of amides is 2. The number of carbonyl (C=O) groups is 2. The van der Waals surface area contributed by atoms with E-state index in [-0.39, 0.29) is 29.7 Å². The Bertz CT molecular complexity index is 1590. The van der Waals surface area contributed by atoms with Crippen LogP contribution in [-0.2, 0) is 39.0 Å². The number of nitrogens with zero attached hydrogens (tertiary/aromatic N) is 2. The summed E-state index contributed by atoms with van der Waals surface area (Å²) in [6, 6.07) is 23.3. The van der Waals surface area contributed by atoms with Gasteiger partial charge in [0.05, 0.1) is 4.90 Å². The minimum Gasteiger partial charge on any atom is -0.354 e. The third-order valence-electron chi connectivity index (χ3n) is 8.92. The van der Waals surface area contributed by atoms with Gasteiger partial charge in [0, 0.05) is 44.0 Å². The lowest BCUT2D eigenvalue weighted by Crippen LogP contribution is -2.50. The highest BCUT2D eigenvalue weighted by molar-refractivity contribution is 7.89. The number of benzene rings is 3. The van der Waals surface area contributed by atoms with Gasteiger partial charge in [-0.25, -0.2) is 8.42 Å². The van der Waals surface area contributed by atoms with E-state index in [0.717, 1.165) is 48.8 Å². The molecule has 1 atom stereocenters. The number of allylic oxidation sites excluding steroid dienone is 1. The van der Waals surface area contributed by atoms with E-state index < -0.39 is 16.1 Å². The molecule has 1 aliphatic heterocycles. The van der Waals surface area contributed by atoms with Crippen LogP contribution in [0.15, 0.2) is 95.4 Å². The zero-order valence-corrected chi connectivity index (χ0v) is 27.9. The summed E-state index contributed by atoms with van der Waals surface area (Å²) in [5.74, 6) is -0.311. The molecule has 3 aromatic carbocycles. The number of aryl methyl sites for hydroxylation is 1. The van der Waals surface area contributed by atoms with E-state index in [4.69, 9.17) is 11.6 Å². The van der Waals surface area contributed by atoms with Gasteiger partial charge in [0.25, 0.3) is 0 Å². The number of hydrogen-bond donors (Lipinski definition) is 1. The van der Waals surface area contributed by atoms with Gasteiger partial charge in [0.1, 0.15) is 6.04 Å². The average Bonchev–Trinajstić information content (AvgIpc) is 3.64. The molecule has 0 aromatic heterocycles. The van der Waals surface area contributed by atoms with Crippen molar-refractivity contribution in [3.63, 3.8) is 0 Å². The topological polar surface area (TPSA) is 86.8 Å². The number of carbonyl (C=O) groups excluding carboxylic acids is 2. The molecule has 1 heterocycles. The van der Waals surface area contributed by atoms with Crippen molar-refractivity contribution in [2.24, 2.45) is 0 Å². The van der Waals surface area contributed by atoms with Crippen molar-refractivity contribution in [2.75, 3.05) is 19.6 Å². The third-order valence-corrected chi connectivity index (χ3v) is 11.1. The maximum absolute atomic E-state index is 14.1. The number of nitrogens with one attached hydrogen (secondary N) is 1.